The van der Waals surface area contributed by atoms with Gasteiger partial charge >= 0.3 is 0 Å². The first-order chi connectivity index (χ1) is 14.1. The largest absolute Gasteiger partial charge is 0.490 e. The number of fused-ring (bicyclic) bond motifs is 1. The highest BCUT2D eigenvalue weighted by Crippen LogP contribution is 2.23. The van der Waals surface area contributed by atoms with Crippen LogP contribution in [0.4, 0.5) is 0 Å². The summed E-state index contributed by atoms with van der Waals surface area (Å²) in [4.78, 5) is 24.9. The monoisotopic (exact) mass is 456 g/mol. The minimum atomic E-state index is -0.468. The van der Waals surface area contributed by atoms with Gasteiger partial charge in [-0.05, 0) is 34.5 Å². The van der Waals surface area contributed by atoms with Crippen molar-refractivity contribution in [1.29, 1.82) is 0 Å². The topological polar surface area (TPSA) is 76.7 Å². The van der Waals surface area contributed by atoms with Crippen molar-refractivity contribution in [3.63, 3.8) is 0 Å². The molecular formula is C22H21BrN2O4. The first-order valence-corrected chi connectivity index (χ1v) is 9.85. The third-order valence-corrected chi connectivity index (χ3v) is 4.77. The Morgan fingerprint density at radius 2 is 1.76 bits per heavy atom. The highest BCUT2D eigenvalue weighted by Gasteiger charge is 2.15. The summed E-state index contributed by atoms with van der Waals surface area (Å²) in [5, 5.41) is 2.08. The molecule has 0 spiro atoms. The van der Waals surface area contributed by atoms with E-state index in [0.29, 0.717) is 24.5 Å². The summed E-state index contributed by atoms with van der Waals surface area (Å²) in [5.41, 5.74) is 6.12. The van der Waals surface area contributed by atoms with Crippen LogP contribution in [0, 0.1) is 0 Å². The summed E-state index contributed by atoms with van der Waals surface area (Å²) in [6, 6.07) is 18.8. The van der Waals surface area contributed by atoms with Crippen molar-refractivity contribution in [3.05, 3.63) is 76.3 Å². The average molecular weight is 457 g/mol. The molecule has 0 atom stereocenters. The molecule has 2 amide bonds. The van der Waals surface area contributed by atoms with E-state index in [2.05, 4.69) is 26.8 Å². The van der Waals surface area contributed by atoms with E-state index in [4.69, 9.17) is 9.47 Å². The minimum Gasteiger partial charge on any atom is -0.490 e. The Morgan fingerprint density at radius 3 is 2.59 bits per heavy atom. The molecule has 0 heterocycles. The molecule has 29 heavy (non-hydrogen) atoms. The van der Waals surface area contributed by atoms with Crippen molar-refractivity contribution >= 4 is 38.5 Å². The second-order valence-electron chi connectivity index (χ2n) is 6.30. The number of rotatable bonds is 7. The van der Waals surface area contributed by atoms with E-state index in [-0.39, 0.29) is 12.3 Å². The Hall–Kier alpha value is -2.90. The molecule has 0 fully saturated rings. The molecule has 3 aromatic rings. The minimum absolute atomic E-state index is 0.150. The van der Waals surface area contributed by atoms with Gasteiger partial charge in [0.25, 0.3) is 5.91 Å². The van der Waals surface area contributed by atoms with Crippen molar-refractivity contribution in [2.45, 2.75) is 6.42 Å². The molecule has 3 rings (SSSR count). The Morgan fingerprint density at radius 1 is 0.966 bits per heavy atom. The summed E-state index contributed by atoms with van der Waals surface area (Å²) < 4.78 is 11.3. The van der Waals surface area contributed by atoms with Gasteiger partial charge < -0.3 is 9.47 Å². The van der Waals surface area contributed by atoms with E-state index < -0.39 is 5.91 Å². The predicted octanol–water partition coefficient (Wildman–Crippen LogP) is 3.63. The maximum absolute atomic E-state index is 12.6. The fourth-order valence-corrected chi connectivity index (χ4v) is 3.26. The summed E-state index contributed by atoms with van der Waals surface area (Å²) in [6.07, 6.45) is 0.150. The molecule has 6 nitrogen and oxygen atoms in total. The van der Waals surface area contributed by atoms with Gasteiger partial charge in [-0.1, -0.05) is 58.4 Å². The fourth-order valence-electron chi connectivity index (χ4n) is 2.90. The van der Waals surface area contributed by atoms with Crippen LogP contribution in [0.1, 0.15) is 15.9 Å². The van der Waals surface area contributed by atoms with Gasteiger partial charge in [-0.3, -0.25) is 20.4 Å². The Kier molecular flexibility index (Phi) is 7.21. The van der Waals surface area contributed by atoms with E-state index >= 15 is 0 Å². The average Bonchev–Trinajstić information content (AvgIpc) is 2.73. The van der Waals surface area contributed by atoms with Gasteiger partial charge in [0.15, 0.2) is 0 Å². The number of amides is 2. The normalized spacial score (nSPS) is 10.6. The first kappa shape index (κ1) is 20.8. The maximum Gasteiger partial charge on any atom is 0.273 e. The van der Waals surface area contributed by atoms with Gasteiger partial charge in [0.05, 0.1) is 18.6 Å². The number of hydrogen-bond donors (Lipinski definition) is 2. The number of halogens is 1. The van der Waals surface area contributed by atoms with E-state index in [1.165, 1.54) is 0 Å². The first-order valence-electron chi connectivity index (χ1n) is 9.05. The molecule has 7 heteroatoms. The van der Waals surface area contributed by atoms with Crippen molar-refractivity contribution in [2.24, 2.45) is 0 Å². The van der Waals surface area contributed by atoms with Gasteiger partial charge in [-0.25, -0.2) is 0 Å². The fraction of sp³-hybridized carbons (Fsp3) is 0.182. The van der Waals surface area contributed by atoms with Crippen LogP contribution in [0.3, 0.4) is 0 Å². The smallest absolute Gasteiger partial charge is 0.273 e. The highest BCUT2D eigenvalue weighted by atomic mass is 79.9. The van der Waals surface area contributed by atoms with Crippen LogP contribution >= 0.6 is 15.9 Å². The number of benzene rings is 3. The van der Waals surface area contributed by atoms with E-state index in [9.17, 15) is 9.59 Å². The van der Waals surface area contributed by atoms with Crippen LogP contribution < -0.4 is 15.6 Å². The summed E-state index contributed by atoms with van der Waals surface area (Å²) >= 11 is 3.35. The molecule has 0 aromatic heterocycles. The quantitative estimate of drug-likeness (QED) is 0.420. The molecule has 0 aliphatic rings. The number of nitrogens with one attached hydrogen (secondary N) is 2. The summed E-state index contributed by atoms with van der Waals surface area (Å²) in [6.45, 7) is 0.713. The molecule has 0 aliphatic heterocycles. The van der Waals surface area contributed by atoms with Crippen molar-refractivity contribution in [2.75, 3.05) is 20.3 Å². The Labute approximate surface area is 177 Å². The highest BCUT2D eigenvalue weighted by molar-refractivity contribution is 9.10. The van der Waals surface area contributed by atoms with Crippen LogP contribution in [-0.2, 0) is 16.0 Å². The standard InChI is InChI=1S/C22H21BrN2O4/c1-28-11-12-29-20-10-9-17(23)14-19(20)22(27)25-24-21(26)13-16-7-4-6-15-5-2-3-8-18(15)16/h2-10,14H,11-13H2,1H3,(H,24,26)(H,25,27). The molecule has 150 valence electrons. The summed E-state index contributed by atoms with van der Waals surface area (Å²) in [5.74, 6) is -0.373. The lowest BCUT2D eigenvalue weighted by Crippen LogP contribution is -2.42. The van der Waals surface area contributed by atoms with Crippen LogP contribution in [0.5, 0.6) is 5.75 Å². The number of methoxy groups -OCH3 is 1. The molecule has 0 saturated carbocycles. The van der Waals surface area contributed by atoms with E-state index in [1.807, 2.05) is 42.5 Å². The van der Waals surface area contributed by atoms with Crippen molar-refractivity contribution < 1.29 is 19.1 Å². The number of hydrogen-bond acceptors (Lipinski definition) is 4. The molecule has 0 unspecified atom stereocenters. The van der Waals surface area contributed by atoms with Crippen molar-refractivity contribution in [3.8, 4) is 5.75 Å². The van der Waals surface area contributed by atoms with Crippen LogP contribution in [0.2, 0.25) is 0 Å². The zero-order chi connectivity index (χ0) is 20.6. The molecule has 2 N–H and O–H groups in total. The molecule has 0 aliphatic carbocycles. The maximum atomic E-state index is 12.6. The molecule has 0 radical (unpaired) electrons. The zero-order valence-corrected chi connectivity index (χ0v) is 17.5. The molecule has 0 saturated heterocycles. The van der Waals surface area contributed by atoms with Gasteiger partial charge in [-0.15, -0.1) is 0 Å². The van der Waals surface area contributed by atoms with Crippen LogP contribution in [0.25, 0.3) is 10.8 Å². The molecule has 3 aromatic carbocycles. The van der Waals surface area contributed by atoms with Gasteiger partial charge in [0, 0.05) is 11.6 Å². The lowest BCUT2D eigenvalue weighted by Gasteiger charge is -2.13. The van der Waals surface area contributed by atoms with Crippen LogP contribution in [-0.4, -0.2) is 32.1 Å². The Balaban J connectivity index is 1.64. The predicted molar refractivity (Wildman–Crippen MR) is 115 cm³/mol. The van der Waals surface area contributed by atoms with Crippen LogP contribution in [0.15, 0.2) is 65.1 Å². The zero-order valence-electron chi connectivity index (χ0n) is 15.9. The Bertz CT molecular complexity index is 1020. The third kappa shape index (κ3) is 5.56. The second kappa shape index (κ2) is 10.0. The number of ether oxygens (including phenoxy) is 2. The lowest BCUT2D eigenvalue weighted by molar-refractivity contribution is -0.121. The molecule has 0 bridgehead atoms. The van der Waals surface area contributed by atoms with Crippen molar-refractivity contribution in [1.82, 2.24) is 10.9 Å². The number of hydrazine groups is 1. The third-order valence-electron chi connectivity index (χ3n) is 4.28. The van der Waals surface area contributed by atoms with E-state index in [0.717, 1.165) is 20.8 Å². The number of carbonyl (C=O) groups is 2. The SMILES string of the molecule is COCCOc1ccc(Br)cc1C(=O)NNC(=O)Cc1cccc2ccccc12. The lowest BCUT2D eigenvalue weighted by atomic mass is 10.0. The van der Waals surface area contributed by atoms with Gasteiger partial charge in [0.2, 0.25) is 5.91 Å². The molecular weight excluding hydrogens is 436 g/mol. The van der Waals surface area contributed by atoms with Gasteiger partial charge in [0.1, 0.15) is 12.4 Å². The second-order valence-corrected chi connectivity index (χ2v) is 7.21. The summed E-state index contributed by atoms with van der Waals surface area (Å²) in [7, 11) is 1.57. The number of carbonyl (C=O) groups excluding carboxylic acids is 2. The van der Waals surface area contributed by atoms with E-state index in [1.54, 1.807) is 25.3 Å². The van der Waals surface area contributed by atoms with Gasteiger partial charge in [-0.2, -0.15) is 0 Å².